The summed E-state index contributed by atoms with van der Waals surface area (Å²) in [6.07, 6.45) is 4.96. The zero-order valence-electron chi connectivity index (χ0n) is 8.92. The van der Waals surface area contributed by atoms with Gasteiger partial charge in [-0.3, -0.25) is 4.79 Å². The number of rotatable bonds is 4. The lowest BCUT2D eigenvalue weighted by Crippen LogP contribution is -2.29. The molecule has 1 aromatic carbocycles. The van der Waals surface area contributed by atoms with Gasteiger partial charge in [0.25, 0.3) is 5.91 Å². The van der Waals surface area contributed by atoms with Crippen LogP contribution in [0.4, 0.5) is 4.39 Å². The van der Waals surface area contributed by atoms with E-state index in [-0.39, 0.29) is 24.8 Å². The van der Waals surface area contributed by atoms with Gasteiger partial charge in [0.15, 0.2) is 18.2 Å². The van der Waals surface area contributed by atoms with Crippen molar-refractivity contribution < 1.29 is 13.9 Å². The summed E-state index contributed by atoms with van der Waals surface area (Å²) in [6, 6.07) is 4.45. The molecule has 0 bridgehead atoms. The lowest BCUT2D eigenvalue weighted by Gasteiger charge is -2.07. The molecular formula is C12H12FNO2. The number of aryl methyl sites for hydroxylation is 1. The average Bonchev–Trinajstić information content (AvgIpc) is 2.27. The van der Waals surface area contributed by atoms with Crippen molar-refractivity contribution in [2.24, 2.45) is 0 Å². The predicted octanol–water partition coefficient (Wildman–Crippen LogP) is 1.26. The Morgan fingerprint density at radius 2 is 2.38 bits per heavy atom. The second-order valence-electron chi connectivity index (χ2n) is 3.20. The molecule has 0 aliphatic rings. The van der Waals surface area contributed by atoms with Crippen molar-refractivity contribution in [3.63, 3.8) is 0 Å². The molecule has 4 heteroatoms. The standard InChI is InChI=1S/C12H12FNO2/c1-3-6-14-12(15)8-16-11-7-9(2)4-5-10(11)13/h1,4-5,7H,6,8H2,2H3,(H,14,15). The molecule has 84 valence electrons. The summed E-state index contributed by atoms with van der Waals surface area (Å²) < 4.78 is 18.2. The van der Waals surface area contributed by atoms with E-state index in [0.29, 0.717) is 0 Å². The topological polar surface area (TPSA) is 38.3 Å². The Kier molecular flexibility index (Phi) is 4.34. The summed E-state index contributed by atoms with van der Waals surface area (Å²) in [5, 5.41) is 2.41. The Morgan fingerprint density at radius 1 is 1.62 bits per heavy atom. The van der Waals surface area contributed by atoms with Crippen molar-refractivity contribution in [2.45, 2.75) is 6.92 Å². The van der Waals surface area contributed by atoms with E-state index in [1.54, 1.807) is 6.07 Å². The normalized spacial score (nSPS) is 9.31. The number of carbonyl (C=O) groups excluding carboxylic acids is 1. The number of ether oxygens (including phenoxy) is 1. The molecule has 0 fully saturated rings. The molecular weight excluding hydrogens is 209 g/mol. The molecule has 3 nitrogen and oxygen atoms in total. The fourth-order valence-electron chi connectivity index (χ4n) is 1.07. The van der Waals surface area contributed by atoms with Gasteiger partial charge < -0.3 is 10.1 Å². The molecule has 0 aromatic heterocycles. The molecule has 1 N–H and O–H groups in total. The number of terminal acetylenes is 1. The first-order chi connectivity index (χ1) is 7.63. The molecule has 0 aliphatic carbocycles. The first kappa shape index (κ1) is 12.1. The molecule has 0 atom stereocenters. The number of amides is 1. The number of hydrogen-bond donors (Lipinski definition) is 1. The van der Waals surface area contributed by atoms with Crippen LogP contribution in [0.15, 0.2) is 18.2 Å². The van der Waals surface area contributed by atoms with Gasteiger partial charge in [0.05, 0.1) is 6.54 Å². The van der Waals surface area contributed by atoms with Crippen molar-refractivity contribution in [1.82, 2.24) is 5.32 Å². The summed E-state index contributed by atoms with van der Waals surface area (Å²) in [5.41, 5.74) is 0.862. The quantitative estimate of drug-likeness (QED) is 0.777. The molecule has 1 amide bonds. The first-order valence-electron chi connectivity index (χ1n) is 4.72. The van der Waals surface area contributed by atoms with Gasteiger partial charge in [-0.15, -0.1) is 6.42 Å². The number of hydrogen-bond acceptors (Lipinski definition) is 2. The van der Waals surface area contributed by atoms with Crippen LogP contribution in [0.1, 0.15) is 5.56 Å². The fourth-order valence-corrected chi connectivity index (χ4v) is 1.07. The van der Waals surface area contributed by atoms with Gasteiger partial charge in [-0.2, -0.15) is 0 Å². The van der Waals surface area contributed by atoms with E-state index in [4.69, 9.17) is 11.2 Å². The van der Waals surface area contributed by atoms with E-state index in [1.807, 2.05) is 6.92 Å². The Hall–Kier alpha value is -2.02. The highest BCUT2D eigenvalue weighted by Crippen LogP contribution is 2.17. The maximum absolute atomic E-state index is 13.2. The molecule has 0 heterocycles. The van der Waals surface area contributed by atoms with Crippen molar-refractivity contribution in [3.8, 4) is 18.1 Å². The van der Waals surface area contributed by atoms with E-state index in [2.05, 4.69) is 11.2 Å². The average molecular weight is 221 g/mol. The fraction of sp³-hybridized carbons (Fsp3) is 0.250. The van der Waals surface area contributed by atoms with Gasteiger partial charge in [-0.05, 0) is 24.6 Å². The van der Waals surface area contributed by atoms with Crippen LogP contribution in [-0.2, 0) is 4.79 Å². The summed E-state index contributed by atoms with van der Waals surface area (Å²) >= 11 is 0. The molecule has 0 saturated carbocycles. The van der Waals surface area contributed by atoms with Crippen molar-refractivity contribution >= 4 is 5.91 Å². The maximum Gasteiger partial charge on any atom is 0.258 e. The third kappa shape index (κ3) is 3.62. The number of benzene rings is 1. The first-order valence-corrected chi connectivity index (χ1v) is 4.72. The van der Waals surface area contributed by atoms with Crippen LogP contribution in [0.3, 0.4) is 0 Å². The Bertz CT molecular complexity index is 424. The lowest BCUT2D eigenvalue weighted by atomic mass is 10.2. The molecule has 0 spiro atoms. The third-order valence-electron chi connectivity index (χ3n) is 1.83. The summed E-state index contributed by atoms with van der Waals surface area (Å²) in [4.78, 5) is 11.1. The van der Waals surface area contributed by atoms with Crippen LogP contribution in [-0.4, -0.2) is 19.1 Å². The van der Waals surface area contributed by atoms with Gasteiger partial charge in [0.2, 0.25) is 0 Å². The summed E-state index contributed by atoms with van der Waals surface area (Å²) in [6.45, 7) is 1.70. The van der Waals surface area contributed by atoms with Gasteiger partial charge >= 0.3 is 0 Å². The van der Waals surface area contributed by atoms with Crippen LogP contribution in [0, 0.1) is 25.1 Å². The van der Waals surface area contributed by atoms with Crippen LogP contribution in [0.5, 0.6) is 5.75 Å². The minimum atomic E-state index is -0.490. The van der Waals surface area contributed by atoms with Crippen molar-refractivity contribution in [1.29, 1.82) is 0 Å². The number of carbonyl (C=O) groups is 1. The molecule has 0 radical (unpaired) electrons. The maximum atomic E-state index is 13.2. The van der Waals surface area contributed by atoms with Crippen LogP contribution in [0.2, 0.25) is 0 Å². The lowest BCUT2D eigenvalue weighted by molar-refractivity contribution is -0.122. The van der Waals surface area contributed by atoms with Gasteiger partial charge in [0, 0.05) is 0 Å². The summed E-state index contributed by atoms with van der Waals surface area (Å²) in [7, 11) is 0. The molecule has 0 aliphatic heterocycles. The predicted molar refractivity (Wildman–Crippen MR) is 58.5 cm³/mol. The van der Waals surface area contributed by atoms with Crippen molar-refractivity contribution in [3.05, 3.63) is 29.6 Å². The highest BCUT2D eigenvalue weighted by molar-refractivity contribution is 5.77. The second kappa shape index (κ2) is 5.76. The third-order valence-corrected chi connectivity index (χ3v) is 1.83. The molecule has 1 aromatic rings. The number of nitrogens with one attached hydrogen (secondary N) is 1. The zero-order valence-corrected chi connectivity index (χ0v) is 8.92. The SMILES string of the molecule is C#CCNC(=O)COc1cc(C)ccc1F. The molecule has 16 heavy (non-hydrogen) atoms. The minimum Gasteiger partial charge on any atom is -0.481 e. The molecule has 0 saturated heterocycles. The van der Waals surface area contributed by atoms with E-state index >= 15 is 0 Å². The highest BCUT2D eigenvalue weighted by Gasteiger charge is 2.06. The van der Waals surface area contributed by atoms with E-state index in [1.165, 1.54) is 12.1 Å². The Balaban J connectivity index is 2.51. The van der Waals surface area contributed by atoms with Gasteiger partial charge in [0.1, 0.15) is 0 Å². The Morgan fingerprint density at radius 3 is 3.06 bits per heavy atom. The second-order valence-corrected chi connectivity index (χ2v) is 3.20. The zero-order chi connectivity index (χ0) is 12.0. The Labute approximate surface area is 93.6 Å². The van der Waals surface area contributed by atoms with Crippen molar-refractivity contribution in [2.75, 3.05) is 13.2 Å². The smallest absolute Gasteiger partial charge is 0.258 e. The van der Waals surface area contributed by atoms with Gasteiger partial charge in [-0.1, -0.05) is 12.0 Å². The van der Waals surface area contributed by atoms with Crippen LogP contribution in [0.25, 0.3) is 0 Å². The molecule has 0 unspecified atom stereocenters. The van der Waals surface area contributed by atoms with Crippen LogP contribution >= 0.6 is 0 Å². The van der Waals surface area contributed by atoms with E-state index < -0.39 is 5.82 Å². The van der Waals surface area contributed by atoms with E-state index in [9.17, 15) is 9.18 Å². The van der Waals surface area contributed by atoms with Gasteiger partial charge in [-0.25, -0.2) is 4.39 Å². The highest BCUT2D eigenvalue weighted by atomic mass is 19.1. The number of halogens is 1. The van der Waals surface area contributed by atoms with E-state index in [0.717, 1.165) is 5.56 Å². The van der Waals surface area contributed by atoms with Crippen LogP contribution < -0.4 is 10.1 Å². The largest absolute Gasteiger partial charge is 0.481 e. The monoisotopic (exact) mass is 221 g/mol. The molecule has 1 rings (SSSR count). The minimum absolute atomic E-state index is 0.0656. The summed E-state index contributed by atoms with van der Waals surface area (Å²) in [5.74, 6) is 1.45.